The summed E-state index contributed by atoms with van der Waals surface area (Å²) in [5, 5.41) is 11.3. The zero-order chi connectivity index (χ0) is 12.7. The maximum Gasteiger partial charge on any atom is 0.222 e. The van der Waals surface area contributed by atoms with Gasteiger partial charge in [0, 0.05) is 33.0 Å². The molecule has 0 atom stereocenters. The molecule has 0 aromatic carbocycles. The molecule has 1 aromatic rings. The first-order chi connectivity index (χ1) is 8.19. The minimum atomic E-state index is 0.242. The lowest BCUT2D eigenvalue weighted by atomic mass is 10.1. The van der Waals surface area contributed by atoms with Crippen LogP contribution in [-0.4, -0.2) is 44.1 Å². The van der Waals surface area contributed by atoms with E-state index < -0.39 is 0 Å². The second kappa shape index (κ2) is 6.98. The summed E-state index contributed by atoms with van der Waals surface area (Å²) in [6.45, 7) is 5.60. The number of carbonyl (C=O) groups excluding carboxylic acids is 1. The predicted octanol–water partition coefficient (Wildman–Crippen LogP) is 0.791. The zero-order valence-corrected chi connectivity index (χ0v) is 10.9. The van der Waals surface area contributed by atoms with Crippen molar-refractivity contribution in [2.45, 2.75) is 39.5 Å². The summed E-state index contributed by atoms with van der Waals surface area (Å²) in [6.07, 6.45) is 3.28. The first-order valence-electron chi connectivity index (χ1n) is 6.18. The first kappa shape index (κ1) is 13.6. The van der Waals surface area contributed by atoms with E-state index in [4.69, 9.17) is 0 Å². The molecular weight excluding hydrogens is 218 g/mol. The lowest BCUT2D eigenvalue weighted by molar-refractivity contribution is -0.130. The molecule has 0 bridgehead atoms. The Morgan fingerprint density at radius 2 is 2.00 bits per heavy atom. The molecule has 0 aliphatic rings. The van der Waals surface area contributed by atoms with Crippen LogP contribution in [0.4, 0.5) is 0 Å². The van der Waals surface area contributed by atoms with Gasteiger partial charge in [0.2, 0.25) is 5.91 Å². The van der Waals surface area contributed by atoms with E-state index in [1.54, 1.807) is 4.68 Å². The fourth-order valence-electron chi connectivity index (χ4n) is 1.75. The number of aryl methyl sites for hydroxylation is 2. The van der Waals surface area contributed by atoms with Gasteiger partial charge >= 0.3 is 0 Å². The number of hydrogen-bond donors (Lipinski definition) is 0. The van der Waals surface area contributed by atoms with Crippen LogP contribution >= 0.6 is 0 Å². The van der Waals surface area contributed by atoms with Crippen LogP contribution < -0.4 is 0 Å². The summed E-state index contributed by atoms with van der Waals surface area (Å²) < 4.78 is 1.67. The van der Waals surface area contributed by atoms with Crippen LogP contribution in [0.3, 0.4) is 0 Å². The quantitative estimate of drug-likeness (QED) is 0.660. The van der Waals surface area contributed by atoms with Crippen molar-refractivity contribution in [3.05, 3.63) is 5.82 Å². The Morgan fingerprint density at radius 3 is 2.53 bits per heavy atom. The number of rotatable bonds is 7. The molecule has 0 aliphatic carbocycles. The van der Waals surface area contributed by atoms with Crippen LogP contribution in [0, 0.1) is 0 Å². The second-order valence-electron chi connectivity index (χ2n) is 3.99. The van der Waals surface area contributed by atoms with E-state index in [0.29, 0.717) is 6.42 Å². The van der Waals surface area contributed by atoms with E-state index in [9.17, 15) is 4.79 Å². The molecule has 1 heterocycles. The maximum absolute atomic E-state index is 11.7. The van der Waals surface area contributed by atoms with Crippen LogP contribution in [0.15, 0.2) is 0 Å². The Morgan fingerprint density at radius 1 is 1.29 bits per heavy atom. The van der Waals surface area contributed by atoms with Crippen molar-refractivity contribution in [3.63, 3.8) is 0 Å². The number of carbonyl (C=O) groups is 1. The molecule has 6 heteroatoms. The number of nitrogens with zero attached hydrogens (tertiary/aromatic N) is 5. The summed E-state index contributed by atoms with van der Waals surface area (Å²) in [7, 11) is 1.83. The zero-order valence-electron chi connectivity index (χ0n) is 10.9. The van der Waals surface area contributed by atoms with Gasteiger partial charge in [-0.05, 0) is 37.1 Å². The highest BCUT2D eigenvalue weighted by Gasteiger charge is 2.09. The fourth-order valence-corrected chi connectivity index (χ4v) is 1.75. The molecule has 1 amide bonds. The summed E-state index contributed by atoms with van der Waals surface area (Å²) in [5.41, 5.74) is 0. The van der Waals surface area contributed by atoms with Crippen LogP contribution in [0.25, 0.3) is 0 Å². The number of amides is 1. The number of hydrogen-bond acceptors (Lipinski definition) is 4. The number of aromatic nitrogens is 4. The van der Waals surface area contributed by atoms with Crippen molar-refractivity contribution in [2.75, 3.05) is 13.1 Å². The molecule has 0 N–H and O–H groups in total. The van der Waals surface area contributed by atoms with Crippen LogP contribution in [0.2, 0.25) is 0 Å². The number of tetrazole rings is 1. The SMILES string of the molecule is CCN(CC)C(=O)CCCCc1nnnn1C. The van der Waals surface area contributed by atoms with Crippen molar-refractivity contribution < 1.29 is 4.79 Å². The lowest BCUT2D eigenvalue weighted by Crippen LogP contribution is -2.30. The second-order valence-corrected chi connectivity index (χ2v) is 3.99. The normalized spacial score (nSPS) is 10.5. The Hall–Kier alpha value is -1.46. The molecule has 0 unspecified atom stereocenters. The minimum Gasteiger partial charge on any atom is -0.343 e. The summed E-state index contributed by atoms with van der Waals surface area (Å²) in [5.74, 6) is 1.12. The van der Waals surface area contributed by atoms with Crippen molar-refractivity contribution in [3.8, 4) is 0 Å². The predicted molar refractivity (Wildman–Crippen MR) is 64.3 cm³/mol. The third-order valence-corrected chi connectivity index (χ3v) is 2.87. The average Bonchev–Trinajstić information content (AvgIpc) is 2.72. The van der Waals surface area contributed by atoms with Gasteiger partial charge in [0.15, 0.2) is 5.82 Å². The standard InChI is InChI=1S/C11H21N5O/c1-4-16(5-2)11(17)9-7-6-8-10-12-13-14-15(10)3/h4-9H2,1-3H3. The molecule has 96 valence electrons. The molecule has 0 fully saturated rings. The fraction of sp³-hybridized carbons (Fsp3) is 0.818. The highest BCUT2D eigenvalue weighted by molar-refractivity contribution is 5.75. The van der Waals surface area contributed by atoms with Gasteiger partial charge in [-0.25, -0.2) is 4.68 Å². The molecule has 0 spiro atoms. The largest absolute Gasteiger partial charge is 0.343 e. The molecule has 0 saturated heterocycles. The van der Waals surface area contributed by atoms with Gasteiger partial charge in [-0.2, -0.15) is 0 Å². The van der Waals surface area contributed by atoms with Gasteiger partial charge < -0.3 is 4.90 Å². The smallest absolute Gasteiger partial charge is 0.222 e. The monoisotopic (exact) mass is 239 g/mol. The summed E-state index contributed by atoms with van der Waals surface area (Å²) in [6, 6.07) is 0. The average molecular weight is 239 g/mol. The van der Waals surface area contributed by atoms with Crippen LogP contribution in [0.5, 0.6) is 0 Å². The highest BCUT2D eigenvalue weighted by Crippen LogP contribution is 2.04. The van der Waals surface area contributed by atoms with Gasteiger partial charge in [-0.1, -0.05) is 0 Å². The molecule has 0 aliphatic heterocycles. The Balaban J connectivity index is 2.20. The van der Waals surface area contributed by atoms with E-state index in [-0.39, 0.29) is 5.91 Å². The van der Waals surface area contributed by atoms with Gasteiger partial charge in [0.05, 0.1) is 0 Å². The van der Waals surface area contributed by atoms with Crippen molar-refractivity contribution in [2.24, 2.45) is 7.05 Å². The lowest BCUT2D eigenvalue weighted by Gasteiger charge is -2.18. The van der Waals surface area contributed by atoms with Crippen LogP contribution in [-0.2, 0) is 18.3 Å². The molecular formula is C11H21N5O. The topological polar surface area (TPSA) is 63.9 Å². The van der Waals surface area contributed by atoms with E-state index in [1.807, 2.05) is 25.8 Å². The molecule has 0 radical (unpaired) electrons. The minimum absolute atomic E-state index is 0.242. The van der Waals surface area contributed by atoms with E-state index in [1.165, 1.54) is 0 Å². The molecule has 6 nitrogen and oxygen atoms in total. The highest BCUT2D eigenvalue weighted by atomic mass is 16.2. The molecule has 0 saturated carbocycles. The maximum atomic E-state index is 11.7. The molecule has 17 heavy (non-hydrogen) atoms. The van der Waals surface area contributed by atoms with E-state index >= 15 is 0 Å². The molecule has 1 aromatic heterocycles. The third-order valence-electron chi connectivity index (χ3n) is 2.87. The van der Waals surface area contributed by atoms with Gasteiger partial charge in [0.25, 0.3) is 0 Å². The van der Waals surface area contributed by atoms with Gasteiger partial charge in [-0.15, -0.1) is 5.10 Å². The summed E-state index contributed by atoms with van der Waals surface area (Å²) in [4.78, 5) is 13.6. The Labute approximate surface area is 102 Å². The van der Waals surface area contributed by atoms with E-state index in [0.717, 1.165) is 38.2 Å². The van der Waals surface area contributed by atoms with Gasteiger partial charge in [-0.3, -0.25) is 4.79 Å². The number of unbranched alkanes of at least 4 members (excludes halogenated alkanes) is 1. The van der Waals surface area contributed by atoms with Crippen molar-refractivity contribution in [1.82, 2.24) is 25.1 Å². The Bertz CT molecular complexity index is 345. The molecule has 1 rings (SSSR count). The van der Waals surface area contributed by atoms with Gasteiger partial charge in [0.1, 0.15) is 0 Å². The van der Waals surface area contributed by atoms with Crippen molar-refractivity contribution in [1.29, 1.82) is 0 Å². The van der Waals surface area contributed by atoms with Crippen molar-refractivity contribution >= 4 is 5.91 Å². The third kappa shape index (κ3) is 4.13. The van der Waals surface area contributed by atoms with Crippen LogP contribution in [0.1, 0.15) is 38.9 Å². The Kier molecular flexibility index (Phi) is 5.59. The first-order valence-corrected chi connectivity index (χ1v) is 6.18. The summed E-state index contributed by atoms with van der Waals surface area (Å²) >= 11 is 0. The van der Waals surface area contributed by atoms with E-state index in [2.05, 4.69) is 15.5 Å².